The van der Waals surface area contributed by atoms with Crippen LogP contribution in [-0.2, 0) is 9.53 Å². The summed E-state index contributed by atoms with van der Waals surface area (Å²) in [7, 11) is 2.93. The lowest BCUT2D eigenvalue weighted by Gasteiger charge is -2.14. The van der Waals surface area contributed by atoms with E-state index in [1.165, 1.54) is 51.5 Å². The molecule has 0 fully saturated rings. The quantitative estimate of drug-likeness (QED) is 0.531. The first-order valence-corrected chi connectivity index (χ1v) is 7.78. The van der Waals surface area contributed by atoms with Crippen molar-refractivity contribution < 1.29 is 32.9 Å². The lowest BCUT2D eigenvalue weighted by molar-refractivity contribution is -0.149. The Hall–Kier alpha value is -3.09. The van der Waals surface area contributed by atoms with E-state index in [2.05, 4.69) is 0 Å². The Morgan fingerprint density at radius 3 is 2.27 bits per heavy atom. The van der Waals surface area contributed by atoms with Crippen LogP contribution in [0.15, 0.2) is 42.5 Å². The van der Waals surface area contributed by atoms with Crippen LogP contribution < -0.4 is 14.2 Å². The second kappa shape index (κ2) is 8.84. The molecule has 7 heteroatoms. The summed E-state index contributed by atoms with van der Waals surface area (Å²) in [4.78, 5) is 24.2. The zero-order valence-corrected chi connectivity index (χ0v) is 14.7. The molecule has 1 atom stereocenters. The Balaban J connectivity index is 1.93. The number of carbonyl (C=O) groups excluding carboxylic acids is 2. The first-order valence-electron chi connectivity index (χ1n) is 7.78. The fraction of sp³-hybridized carbons (Fsp3) is 0.263. The van der Waals surface area contributed by atoms with E-state index < -0.39 is 30.3 Å². The van der Waals surface area contributed by atoms with Gasteiger partial charge in [0.05, 0.1) is 19.8 Å². The lowest BCUT2D eigenvalue weighted by atomic mass is 10.1. The van der Waals surface area contributed by atoms with Crippen LogP contribution in [-0.4, -0.2) is 38.7 Å². The molecule has 0 aliphatic rings. The van der Waals surface area contributed by atoms with Crippen molar-refractivity contribution in [3.8, 4) is 17.2 Å². The van der Waals surface area contributed by atoms with Gasteiger partial charge in [0, 0.05) is 6.07 Å². The van der Waals surface area contributed by atoms with Gasteiger partial charge in [0.25, 0.3) is 0 Å². The molecule has 138 valence electrons. The molecule has 0 saturated carbocycles. The highest BCUT2D eigenvalue weighted by Crippen LogP contribution is 2.25. The largest absolute Gasteiger partial charge is 0.497 e. The summed E-state index contributed by atoms with van der Waals surface area (Å²) in [5, 5.41) is 0. The number of methoxy groups -OCH3 is 2. The Morgan fingerprint density at radius 2 is 1.65 bits per heavy atom. The third kappa shape index (κ3) is 4.95. The van der Waals surface area contributed by atoms with Gasteiger partial charge in [0.15, 0.2) is 12.7 Å². The maximum atomic E-state index is 12.9. The molecule has 2 rings (SSSR count). The number of ether oxygens (including phenoxy) is 4. The van der Waals surface area contributed by atoms with Gasteiger partial charge in [-0.25, -0.2) is 9.18 Å². The second-order valence-corrected chi connectivity index (χ2v) is 5.31. The fourth-order valence-electron chi connectivity index (χ4n) is 2.13. The molecule has 6 nitrogen and oxygen atoms in total. The predicted molar refractivity (Wildman–Crippen MR) is 91.3 cm³/mol. The normalized spacial score (nSPS) is 11.4. The number of rotatable bonds is 8. The Morgan fingerprint density at radius 1 is 1.00 bits per heavy atom. The van der Waals surface area contributed by atoms with E-state index in [9.17, 15) is 14.0 Å². The highest BCUT2D eigenvalue weighted by Gasteiger charge is 2.20. The van der Waals surface area contributed by atoms with E-state index >= 15 is 0 Å². The molecule has 0 N–H and O–H groups in total. The van der Waals surface area contributed by atoms with Crippen molar-refractivity contribution in [3.63, 3.8) is 0 Å². The first kappa shape index (κ1) is 19.2. The van der Waals surface area contributed by atoms with E-state index in [4.69, 9.17) is 18.9 Å². The van der Waals surface area contributed by atoms with Crippen molar-refractivity contribution in [1.29, 1.82) is 0 Å². The van der Waals surface area contributed by atoms with E-state index in [0.717, 1.165) is 0 Å². The third-order valence-electron chi connectivity index (χ3n) is 3.51. The minimum atomic E-state index is -0.953. The monoisotopic (exact) mass is 362 g/mol. The van der Waals surface area contributed by atoms with Crippen LogP contribution in [0.2, 0.25) is 0 Å². The summed E-state index contributed by atoms with van der Waals surface area (Å²) in [6, 6.07) is 9.93. The van der Waals surface area contributed by atoms with E-state index in [1.54, 1.807) is 12.1 Å². The number of hydrogen-bond donors (Lipinski definition) is 0. The van der Waals surface area contributed by atoms with Crippen LogP contribution in [0.4, 0.5) is 4.39 Å². The third-order valence-corrected chi connectivity index (χ3v) is 3.51. The molecule has 0 heterocycles. The maximum absolute atomic E-state index is 12.9. The maximum Gasteiger partial charge on any atom is 0.347 e. The molecule has 0 spiro atoms. The number of carbonyl (C=O) groups is 2. The summed E-state index contributed by atoms with van der Waals surface area (Å²) >= 11 is 0. The van der Waals surface area contributed by atoms with Gasteiger partial charge < -0.3 is 18.9 Å². The van der Waals surface area contributed by atoms with Gasteiger partial charge in [-0.2, -0.15) is 0 Å². The number of Topliss-reactive ketones (excluding diaryl/α,β-unsaturated/α-hetero) is 1. The molecule has 0 aromatic heterocycles. The molecule has 0 unspecified atom stereocenters. The lowest BCUT2D eigenvalue weighted by Crippen LogP contribution is -2.28. The van der Waals surface area contributed by atoms with Crippen molar-refractivity contribution in [3.05, 3.63) is 53.8 Å². The Bertz CT molecular complexity index is 772. The van der Waals surface area contributed by atoms with E-state index in [0.29, 0.717) is 17.2 Å². The molecule has 0 aliphatic heterocycles. The van der Waals surface area contributed by atoms with Gasteiger partial charge in [0.1, 0.15) is 23.1 Å². The van der Waals surface area contributed by atoms with Crippen LogP contribution in [0.5, 0.6) is 17.2 Å². The summed E-state index contributed by atoms with van der Waals surface area (Å²) in [5.41, 5.74) is 0.271. The number of benzene rings is 2. The van der Waals surface area contributed by atoms with Crippen molar-refractivity contribution >= 4 is 11.8 Å². The van der Waals surface area contributed by atoms with Gasteiger partial charge in [-0.3, -0.25) is 4.79 Å². The van der Waals surface area contributed by atoms with Crippen molar-refractivity contribution in [2.24, 2.45) is 0 Å². The van der Waals surface area contributed by atoms with E-state index in [-0.39, 0.29) is 5.56 Å². The van der Waals surface area contributed by atoms with Crippen molar-refractivity contribution in [2.75, 3.05) is 20.8 Å². The second-order valence-electron chi connectivity index (χ2n) is 5.31. The molecule has 0 radical (unpaired) electrons. The summed E-state index contributed by atoms with van der Waals surface area (Å²) < 4.78 is 33.4. The molecular formula is C19H19FO6. The number of ketones is 1. The molecular weight excluding hydrogens is 343 g/mol. The first-order chi connectivity index (χ1) is 12.4. The smallest absolute Gasteiger partial charge is 0.347 e. The van der Waals surface area contributed by atoms with Crippen LogP contribution in [0.25, 0.3) is 0 Å². The van der Waals surface area contributed by atoms with Gasteiger partial charge in [0.2, 0.25) is 5.78 Å². The Kier molecular flexibility index (Phi) is 6.54. The zero-order valence-electron chi connectivity index (χ0n) is 14.7. The number of halogens is 1. The van der Waals surface area contributed by atoms with Gasteiger partial charge in [-0.05, 0) is 43.3 Å². The summed E-state index contributed by atoms with van der Waals surface area (Å²) in [5.74, 6) is -0.370. The van der Waals surface area contributed by atoms with Crippen molar-refractivity contribution in [2.45, 2.75) is 13.0 Å². The fourth-order valence-corrected chi connectivity index (χ4v) is 2.13. The molecule has 0 aliphatic carbocycles. The van der Waals surface area contributed by atoms with Crippen molar-refractivity contribution in [1.82, 2.24) is 0 Å². The highest BCUT2D eigenvalue weighted by molar-refractivity contribution is 6.00. The topological polar surface area (TPSA) is 71.1 Å². The predicted octanol–water partition coefficient (Wildman–Crippen LogP) is 3.04. The van der Waals surface area contributed by atoms with Gasteiger partial charge >= 0.3 is 5.97 Å². The molecule has 0 bridgehead atoms. The average Bonchev–Trinajstić information content (AvgIpc) is 2.66. The highest BCUT2D eigenvalue weighted by atomic mass is 19.1. The minimum Gasteiger partial charge on any atom is -0.497 e. The number of esters is 1. The molecule has 0 amide bonds. The van der Waals surface area contributed by atoms with Gasteiger partial charge in [-0.15, -0.1) is 0 Å². The molecule has 2 aromatic carbocycles. The average molecular weight is 362 g/mol. The standard InChI is InChI=1S/C19H19FO6/c1-12(26-14-6-4-13(20)5-7-14)19(22)25-11-17(21)16-9-8-15(23-2)10-18(16)24-3/h4-10,12H,11H2,1-3H3/t12-/m1/s1. The number of hydrogen-bond acceptors (Lipinski definition) is 6. The molecule has 26 heavy (non-hydrogen) atoms. The minimum absolute atomic E-state index is 0.271. The summed E-state index contributed by atoms with van der Waals surface area (Å²) in [6.07, 6.45) is -0.953. The van der Waals surface area contributed by atoms with Gasteiger partial charge in [-0.1, -0.05) is 0 Å². The Labute approximate surface area is 150 Å². The zero-order chi connectivity index (χ0) is 19.1. The van der Waals surface area contributed by atoms with Crippen LogP contribution >= 0.6 is 0 Å². The molecule has 2 aromatic rings. The van der Waals surface area contributed by atoms with Crippen LogP contribution in [0.3, 0.4) is 0 Å². The molecule has 0 saturated heterocycles. The van der Waals surface area contributed by atoms with E-state index in [1.807, 2.05) is 0 Å². The summed E-state index contributed by atoms with van der Waals surface area (Å²) in [6.45, 7) is 1.02. The van der Waals surface area contributed by atoms with Crippen LogP contribution in [0, 0.1) is 5.82 Å². The van der Waals surface area contributed by atoms with Crippen LogP contribution in [0.1, 0.15) is 17.3 Å². The SMILES string of the molecule is COc1ccc(C(=O)COC(=O)[C@@H](C)Oc2ccc(F)cc2)c(OC)c1.